The van der Waals surface area contributed by atoms with Gasteiger partial charge in [-0.1, -0.05) is 25.1 Å². The lowest BCUT2D eigenvalue weighted by molar-refractivity contribution is -0.136. The number of carbonyl (C=O) groups excluding carboxylic acids is 2. The molecule has 0 bridgehead atoms. The molecule has 0 aromatic heterocycles. The summed E-state index contributed by atoms with van der Waals surface area (Å²) in [7, 11) is 0. The Hall–Kier alpha value is -1.84. The van der Waals surface area contributed by atoms with Gasteiger partial charge in [-0.05, 0) is 43.7 Å². The zero-order chi connectivity index (χ0) is 15.4. The van der Waals surface area contributed by atoms with E-state index >= 15 is 0 Å². The molecule has 21 heavy (non-hydrogen) atoms. The normalized spacial score (nSPS) is 18.4. The van der Waals surface area contributed by atoms with Crippen molar-refractivity contribution >= 4 is 17.5 Å². The van der Waals surface area contributed by atoms with Crippen molar-refractivity contribution < 1.29 is 9.59 Å². The van der Waals surface area contributed by atoms with Crippen molar-refractivity contribution in [1.29, 1.82) is 0 Å². The average Bonchev–Trinajstić information content (AvgIpc) is 2.43. The minimum atomic E-state index is -0.226. The molecule has 1 aromatic carbocycles. The smallest absolute Gasteiger partial charge is 0.233 e. The predicted octanol–water partition coefficient (Wildman–Crippen LogP) is 2.89. The molecule has 0 spiro atoms. The molecular weight excluding hydrogens is 264 g/mol. The summed E-state index contributed by atoms with van der Waals surface area (Å²) in [5.74, 6) is 0.241. The van der Waals surface area contributed by atoms with Crippen LogP contribution in [0.2, 0.25) is 0 Å². The Kier molecular flexibility index (Phi) is 4.99. The summed E-state index contributed by atoms with van der Waals surface area (Å²) < 4.78 is 0. The number of nitrogens with zero attached hydrogens (tertiary/aromatic N) is 1. The maximum Gasteiger partial charge on any atom is 0.233 e. The first kappa shape index (κ1) is 15.5. The van der Waals surface area contributed by atoms with Crippen LogP contribution in [0, 0.1) is 19.8 Å². The molecule has 1 fully saturated rings. The van der Waals surface area contributed by atoms with Crippen LogP contribution in [0.1, 0.15) is 37.3 Å². The number of rotatable bonds is 3. The quantitative estimate of drug-likeness (QED) is 0.869. The molecule has 1 aromatic rings. The van der Waals surface area contributed by atoms with Crippen molar-refractivity contribution in [2.24, 2.45) is 5.92 Å². The third-order valence-electron chi connectivity index (χ3n) is 4.07. The van der Waals surface area contributed by atoms with Gasteiger partial charge in [-0.25, -0.2) is 0 Å². The molecule has 114 valence electrons. The Morgan fingerprint density at radius 3 is 2.57 bits per heavy atom. The molecule has 1 aliphatic heterocycles. The molecule has 0 aliphatic carbocycles. The second-order valence-corrected chi connectivity index (χ2v) is 6.08. The Morgan fingerprint density at radius 1 is 1.29 bits per heavy atom. The van der Waals surface area contributed by atoms with Crippen molar-refractivity contribution in [1.82, 2.24) is 4.90 Å². The van der Waals surface area contributed by atoms with Gasteiger partial charge in [-0.3, -0.25) is 9.59 Å². The molecule has 1 atom stereocenters. The lowest BCUT2D eigenvalue weighted by Crippen LogP contribution is -2.40. The molecule has 1 saturated heterocycles. The standard InChI is InChI=1S/C17H24N2O2/c1-12-6-5-9-19(11-12)16(21)10-15(20)18-17-13(2)7-4-8-14(17)3/h4,7-8,12H,5-6,9-11H2,1-3H3,(H,18,20). The first-order chi connectivity index (χ1) is 9.97. The monoisotopic (exact) mass is 288 g/mol. The molecule has 1 heterocycles. The summed E-state index contributed by atoms with van der Waals surface area (Å²) in [6, 6.07) is 5.87. The van der Waals surface area contributed by atoms with E-state index < -0.39 is 0 Å². The van der Waals surface area contributed by atoms with Gasteiger partial charge in [0.15, 0.2) is 0 Å². The number of carbonyl (C=O) groups is 2. The van der Waals surface area contributed by atoms with Gasteiger partial charge in [0.2, 0.25) is 11.8 Å². The van der Waals surface area contributed by atoms with Crippen LogP contribution in [0.5, 0.6) is 0 Å². The number of hydrogen-bond donors (Lipinski definition) is 1. The minimum Gasteiger partial charge on any atom is -0.342 e. The summed E-state index contributed by atoms with van der Waals surface area (Å²) in [6.45, 7) is 7.61. The van der Waals surface area contributed by atoms with E-state index in [4.69, 9.17) is 0 Å². The lowest BCUT2D eigenvalue weighted by Gasteiger charge is -2.30. The van der Waals surface area contributed by atoms with Gasteiger partial charge >= 0.3 is 0 Å². The van der Waals surface area contributed by atoms with Crippen LogP contribution in [-0.2, 0) is 9.59 Å². The number of aryl methyl sites for hydroxylation is 2. The van der Waals surface area contributed by atoms with Crippen LogP contribution >= 0.6 is 0 Å². The fourth-order valence-electron chi connectivity index (χ4n) is 2.86. The van der Waals surface area contributed by atoms with E-state index in [0.29, 0.717) is 5.92 Å². The Morgan fingerprint density at radius 2 is 1.95 bits per heavy atom. The highest BCUT2D eigenvalue weighted by molar-refractivity contribution is 6.04. The zero-order valence-electron chi connectivity index (χ0n) is 13.1. The number of hydrogen-bond acceptors (Lipinski definition) is 2. The van der Waals surface area contributed by atoms with E-state index in [-0.39, 0.29) is 18.2 Å². The first-order valence-corrected chi connectivity index (χ1v) is 7.61. The third-order valence-corrected chi connectivity index (χ3v) is 4.07. The Labute approximate surface area is 126 Å². The van der Waals surface area contributed by atoms with E-state index in [2.05, 4.69) is 12.2 Å². The number of likely N-dealkylation sites (tertiary alicyclic amines) is 1. The number of nitrogens with one attached hydrogen (secondary N) is 1. The van der Waals surface area contributed by atoms with Gasteiger partial charge in [0.25, 0.3) is 0 Å². The summed E-state index contributed by atoms with van der Waals surface area (Å²) in [5, 5.41) is 2.87. The second-order valence-electron chi connectivity index (χ2n) is 6.08. The third kappa shape index (κ3) is 4.06. The van der Waals surface area contributed by atoms with E-state index in [1.165, 1.54) is 6.42 Å². The van der Waals surface area contributed by atoms with Crippen LogP contribution in [0.4, 0.5) is 5.69 Å². The topological polar surface area (TPSA) is 49.4 Å². The number of para-hydroxylation sites is 1. The highest BCUT2D eigenvalue weighted by atomic mass is 16.2. The summed E-state index contributed by atoms with van der Waals surface area (Å²) in [5.41, 5.74) is 2.85. The minimum absolute atomic E-state index is 0.0645. The molecule has 0 saturated carbocycles. The van der Waals surface area contributed by atoms with Crippen LogP contribution in [0.3, 0.4) is 0 Å². The van der Waals surface area contributed by atoms with Crippen LogP contribution < -0.4 is 5.32 Å². The Balaban J connectivity index is 1.94. The van der Waals surface area contributed by atoms with Gasteiger partial charge in [0.05, 0.1) is 0 Å². The maximum absolute atomic E-state index is 12.2. The fraction of sp³-hybridized carbons (Fsp3) is 0.529. The first-order valence-electron chi connectivity index (χ1n) is 7.61. The van der Waals surface area contributed by atoms with Crippen molar-refractivity contribution in [3.63, 3.8) is 0 Å². The van der Waals surface area contributed by atoms with Gasteiger partial charge < -0.3 is 10.2 Å². The molecule has 1 aliphatic rings. The number of benzene rings is 1. The summed E-state index contributed by atoms with van der Waals surface area (Å²) in [6.07, 6.45) is 2.13. The number of amides is 2. The van der Waals surface area contributed by atoms with Gasteiger partial charge in [0, 0.05) is 18.8 Å². The second kappa shape index (κ2) is 6.74. The van der Waals surface area contributed by atoms with Crippen LogP contribution in [-0.4, -0.2) is 29.8 Å². The van der Waals surface area contributed by atoms with Crippen LogP contribution in [0.15, 0.2) is 18.2 Å². The predicted molar refractivity (Wildman–Crippen MR) is 84.1 cm³/mol. The molecule has 4 nitrogen and oxygen atoms in total. The van der Waals surface area contributed by atoms with Crippen molar-refractivity contribution in [2.75, 3.05) is 18.4 Å². The van der Waals surface area contributed by atoms with Crippen molar-refractivity contribution in [2.45, 2.75) is 40.0 Å². The Bertz CT molecular complexity index is 519. The van der Waals surface area contributed by atoms with E-state index in [9.17, 15) is 9.59 Å². The van der Waals surface area contributed by atoms with Gasteiger partial charge in [-0.15, -0.1) is 0 Å². The molecule has 1 unspecified atom stereocenters. The fourth-order valence-corrected chi connectivity index (χ4v) is 2.86. The van der Waals surface area contributed by atoms with Crippen LogP contribution in [0.25, 0.3) is 0 Å². The summed E-state index contributed by atoms with van der Waals surface area (Å²) >= 11 is 0. The number of piperidine rings is 1. The SMILES string of the molecule is Cc1cccc(C)c1NC(=O)CC(=O)N1CCCC(C)C1. The number of anilines is 1. The summed E-state index contributed by atoms with van der Waals surface area (Å²) in [4.78, 5) is 26.1. The van der Waals surface area contributed by atoms with E-state index in [1.807, 2.05) is 36.9 Å². The van der Waals surface area contributed by atoms with E-state index in [0.717, 1.165) is 36.3 Å². The molecule has 2 amide bonds. The molecule has 0 radical (unpaired) electrons. The largest absolute Gasteiger partial charge is 0.342 e. The molecule has 4 heteroatoms. The highest BCUT2D eigenvalue weighted by Gasteiger charge is 2.22. The average molecular weight is 288 g/mol. The van der Waals surface area contributed by atoms with Crippen molar-refractivity contribution in [3.8, 4) is 0 Å². The zero-order valence-corrected chi connectivity index (χ0v) is 13.1. The lowest BCUT2D eigenvalue weighted by atomic mass is 10.00. The molecule has 1 N–H and O–H groups in total. The van der Waals surface area contributed by atoms with Gasteiger partial charge in [-0.2, -0.15) is 0 Å². The molecule has 2 rings (SSSR count). The molecular formula is C17H24N2O2. The maximum atomic E-state index is 12.2. The van der Waals surface area contributed by atoms with Gasteiger partial charge in [0.1, 0.15) is 6.42 Å². The van der Waals surface area contributed by atoms with Crippen molar-refractivity contribution in [3.05, 3.63) is 29.3 Å². The van der Waals surface area contributed by atoms with E-state index in [1.54, 1.807) is 0 Å². The highest BCUT2D eigenvalue weighted by Crippen LogP contribution is 2.20.